The second-order valence-corrected chi connectivity index (χ2v) is 13.0. The van der Waals surface area contributed by atoms with Crippen molar-refractivity contribution < 1.29 is 24.5 Å². The van der Waals surface area contributed by atoms with Crippen LogP contribution >= 0.6 is 8.60 Å². The molecule has 0 aliphatic rings. The number of aliphatic hydroxyl groups is 2. The molecule has 0 radical (unpaired) electrons. The van der Waals surface area contributed by atoms with Crippen molar-refractivity contribution in [3.8, 4) is 5.75 Å². The van der Waals surface area contributed by atoms with Crippen LogP contribution in [0.15, 0.2) is 12.1 Å². The van der Waals surface area contributed by atoms with Crippen LogP contribution in [0.25, 0.3) is 0 Å². The van der Waals surface area contributed by atoms with E-state index >= 15 is 0 Å². The Balaban J connectivity index is 0.000000785. The van der Waals surface area contributed by atoms with Gasteiger partial charge in [-0.2, -0.15) is 0 Å². The number of rotatable bonds is 7. The highest BCUT2D eigenvalue weighted by Gasteiger charge is 2.31. The maximum atomic E-state index is 9.47. The highest BCUT2D eigenvalue weighted by atomic mass is 31.2. The molecule has 33 heavy (non-hydrogen) atoms. The van der Waals surface area contributed by atoms with Crippen LogP contribution in [0.3, 0.4) is 0 Å². The van der Waals surface area contributed by atoms with Gasteiger partial charge >= 0.3 is 8.60 Å². The van der Waals surface area contributed by atoms with Crippen molar-refractivity contribution in [3.63, 3.8) is 0 Å². The molecule has 0 fully saturated rings. The Morgan fingerprint density at radius 3 is 1.52 bits per heavy atom. The third-order valence-electron chi connectivity index (χ3n) is 6.04. The Morgan fingerprint density at radius 1 is 0.818 bits per heavy atom. The molecule has 0 spiro atoms. The molecule has 0 saturated carbocycles. The minimum absolute atomic E-state index is 0.0156. The zero-order chi connectivity index (χ0) is 26.4. The summed E-state index contributed by atoms with van der Waals surface area (Å²) in [6, 6.07) is 4.28. The Bertz CT molecular complexity index is 686. The molecular formula is C27H51O5P. The summed E-state index contributed by atoms with van der Waals surface area (Å²) in [4.78, 5) is 18.8. The second kappa shape index (κ2) is 12.3. The first kappa shape index (κ1) is 32.3. The summed E-state index contributed by atoms with van der Waals surface area (Å²) in [6.07, 6.45) is 3.21. The van der Waals surface area contributed by atoms with Gasteiger partial charge < -0.3 is 24.5 Å². The Hall–Kier alpha value is -0.710. The Kier molecular flexibility index (Phi) is 12.0. The Labute approximate surface area is 204 Å². The van der Waals surface area contributed by atoms with Crippen LogP contribution in [0.2, 0.25) is 0 Å². The van der Waals surface area contributed by atoms with E-state index in [1.54, 1.807) is 0 Å². The molecule has 1 unspecified atom stereocenters. The zero-order valence-corrected chi connectivity index (χ0v) is 24.1. The average molecular weight is 487 g/mol. The summed E-state index contributed by atoms with van der Waals surface area (Å²) < 4.78 is 5.47. The predicted octanol–water partition coefficient (Wildman–Crippen LogP) is 7.07. The molecule has 1 atom stereocenters. The summed E-state index contributed by atoms with van der Waals surface area (Å²) in [5, 5.41) is 18.9. The summed E-state index contributed by atoms with van der Waals surface area (Å²) >= 11 is 0. The van der Waals surface area contributed by atoms with E-state index in [0.717, 1.165) is 30.4 Å². The largest absolute Gasteiger partial charge is 0.426 e. The van der Waals surface area contributed by atoms with Crippen molar-refractivity contribution in [2.45, 2.75) is 131 Å². The van der Waals surface area contributed by atoms with E-state index < -0.39 is 14.4 Å². The first-order chi connectivity index (χ1) is 14.7. The van der Waals surface area contributed by atoms with Gasteiger partial charge in [0, 0.05) is 23.5 Å². The molecule has 0 amide bonds. The van der Waals surface area contributed by atoms with Gasteiger partial charge in [-0.15, -0.1) is 0 Å². The van der Waals surface area contributed by atoms with Crippen molar-refractivity contribution in [1.82, 2.24) is 0 Å². The Morgan fingerprint density at radius 2 is 1.24 bits per heavy atom. The van der Waals surface area contributed by atoms with Gasteiger partial charge in [-0.3, -0.25) is 0 Å². The summed E-state index contributed by atoms with van der Waals surface area (Å²) in [5.74, 6) is -0.844. The van der Waals surface area contributed by atoms with E-state index in [4.69, 9.17) is 4.52 Å². The smallest absolute Gasteiger partial charge is 0.391 e. The molecular weight excluding hydrogens is 435 g/mol. The number of benzene rings is 1. The molecule has 194 valence electrons. The lowest BCUT2D eigenvalue weighted by atomic mass is 9.75. The first-order valence-electron chi connectivity index (χ1n) is 12.2. The summed E-state index contributed by atoms with van der Waals surface area (Å²) in [5.41, 5.74) is 2.97. The lowest BCUT2D eigenvalue weighted by Crippen LogP contribution is -2.35. The molecule has 0 saturated heterocycles. The van der Waals surface area contributed by atoms with Crippen LogP contribution in [0, 0.1) is 5.92 Å². The van der Waals surface area contributed by atoms with Crippen molar-refractivity contribution >= 4 is 8.60 Å². The summed E-state index contributed by atoms with van der Waals surface area (Å²) in [7, 11) is -2.44. The molecule has 0 aromatic heterocycles. The topological polar surface area (TPSA) is 90.2 Å². The van der Waals surface area contributed by atoms with Gasteiger partial charge in [0.25, 0.3) is 0 Å². The molecule has 0 aliphatic carbocycles. The maximum Gasteiger partial charge on any atom is 0.391 e. The fourth-order valence-electron chi connectivity index (χ4n) is 3.37. The van der Waals surface area contributed by atoms with Crippen molar-refractivity contribution in [1.29, 1.82) is 0 Å². The van der Waals surface area contributed by atoms with Crippen molar-refractivity contribution in [2.24, 2.45) is 5.92 Å². The van der Waals surface area contributed by atoms with Gasteiger partial charge in [0.1, 0.15) is 5.75 Å². The van der Waals surface area contributed by atoms with Crippen LogP contribution in [0.5, 0.6) is 5.75 Å². The summed E-state index contributed by atoms with van der Waals surface area (Å²) in [6.45, 7) is 25.1. The fourth-order valence-corrected chi connectivity index (χ4v) is 3.73. The van der Waals surface area contributed by atoms with Crippen molar-refractivity contribution in [3.05, 3.63) is 28.8 Å². The number of hydrogen-bond donors (Lipinski definition) is 4. The van der Waals surface area contributed by atoms with Gasteiger partial charge in [0.05, 0.1) is 0 Å². The number of unbranched alkanes of at least 4 members (excludes halogenated alkanes) is 1. The van der Waals surface area contributed by atoms with Crippen LogP contribution in [-0.2, 0) is 16.2 Å². The average Bonchev–Trinajstić information content (AvgIpc) is 2.63. The first-order valence-corrected chi connectivity index (χ1v) is 13.3. The highest BCUT2D eigenvalue weighted by molar-refractivity contribution is 7.39. The van der Waals surface area contributed by atoms with E-state index in [1.807, 2.05) is 20.8 Å². The molecule has 1 aromatic rings. The third kappa shape index (κ3) is 10.6. The molecule has 0 aliphatic heterocycles. The lowest BCUT2D eigenvalue weighted by molar-refractivity contribution is -0.201. The lowest BCUT2D eigenvalue weighted by Gasteiger charge is -2.32. The molecule has 5 nitrogen and oxygen atoms in total. The van der Waals surface area contributed by atoms with Gasteiger partial charge in [0.15, 0.2) is 5.79 Å². The predicted molar refractivity (Wildman–Crippen MR) is 141 cm³/mol. The maximum absolute atomic E-state index is 9.47. The minimum atomic E-state index is -2.44. The van der Waals surface area contributed by atoms with E-state index in [9.17, 15) is 20.0 Å². The number of hydrogen-bond acceptors (Lipinski definition) is 5. The van der Waals surface area contributed by atoms with Crippen LogP contribution in [-0.4, -0.2) is 25.8 Å². The van der Waals surface area contributed by atoms with Gasteiger partial charge in [0.2, 0.25) is 0 Å². The SMILES string of the molecule is CC(C)(C)c1cc(C(C)(C)C)c(OP(O)O)c(C(C)(C)C)c1.CCCCC(O)(O)C(C)CC. The molecule has 6 heteroatoms. The molecule has 0 bridgehead atoms. The monoisotopic (exact) mass is 486 g/mol. The molecule has 1 rings (SSSR count). The van der Waals surface area contributed by atoms with Crippen LogP contribution in [0.4, 0.5) is 0 Å². The van der Waals surface area contributed by atoms with E-state index in [2.05, 4.69) is 74.4 Å². The second-order valence-electron chi connectivity index (χ2n) is 12.3. The fraction of sp³-hybridized carbons (Fsp3) is 0.778. The van der Waals surface area contributed by atoms with Crippen LogP contribution < -0.4 is 4.52 Å². The quantitative estimate of drug-likeness (QED) is 0.244. The molecule has 1 aromatic carbocycles. The molecule has 4 N–H and O–H groups in total. The normalized spacial score (nSPS) is 14.1. The third-order valence-corrected chi connectivity index (χ3v) is 6.39. The highest BCUT2D eigenvalue weighted by Crippen LogP contribution is 2.46. The van der Waals surface area contributed by atoms with Crippen LogP contribution in [0.1, 0.15) is 125 Å². The standard InChI is InChI=1S/C18H31O3P.C9H20O2/c1-16(2,3)12-10-13(17(4,5)6)15(21-22(19)20)14(11-12)18(7,8)9;1-4-6-7-9(10,11)8(3)5-2/h10-11,19-20H,1-9H3;8,10-11H,4-7H2,1-3H3. The zero-order valence-electron chi connectivity index (χ0n) is 23.2. The van der Waals surface area contributed by atoms with E-state index in [1.165, 1.54) is 5.56 Å². The van der Waals surface area contributed by atoms with E-state index in [-0.39, 0.29) is 22.2 Å². The van der Waals surface area contributed by atoms with Gasteiger partial charge in [-0.05, 0) is 34.7 Å². The van der Waals surface area contributed by atoms with Crippen molar-refractivity contribution in [2.75, 3.05) is 0 Å². The van der Waals surface area contributed by atoms with E-state index in [0.29, 0.717) is 12.2 Å². The van der Waals surface area contributed by atoms with Gasteiger partial charge in [-0.1, -0.05) is 102 Å². The minimum Gasteiger partial charge on any atom is -0.426 e. The van der Waals surface area contributed by atoms with Gasteiger partial charge in [-0.25, -0.2) is 0 Å². The molecule has 0 heterocycles.